The van der Waals surface area contributed by atoms with Gasteiger partial charge < -0.3 is 4.42 Å². The molecular weight excluding hydrogens is 350 g/mol. The molecule has 0 aliphatic heterocycles. The molecule has 0 atom stereocenters. The summed E-state index contributed by atoms with van der Waals surface area (Å²) in [6.07, 6.45) is 1.52. The fourth-order valence-corrected chi connectivity index (χ4v) is 2.63. The average molecular weight is 360 g/mol. The lowest BCUT2D eigenvalue weighted by Gasteiger charge is -1.95. The summed E-state index contributed by atoms with van der Waals surface area (Å²) in [5.74, 6) is -0.0499. The molecule has 1 aromatic heterocycles. The van der Waals surface area contributed by atoms with E-state index in [2.05, 4.69) is 20.9 Å². The van der Waals surface area contributed by atoms with E-state index in [9.17, 15) is 4.79 Å². The minimum atomic E-state index is -0.0499. The Balaban J connectivity index is 1.68. The molecule has 0 saturated carbocycles. The van der Waals surface area contributed by atoms with E-state index in [1.54, 1.807) is 17.5 Å². The van der Waals surface area contributed by atoms with Crippen molar-refractivity contribution in [1.29, 1.82) is 0 Å². The number of fused-ring (bicyclic) bond motifs is 1. The topological polar surface area (TPSA) is 43.1 Å². The number of rotatable bonds is 4. The predicted molar refractivity (Wildman–Crippen MR) is 87.5 cm³/mol. The smallest absolute Gasteiger partial charge is 0.261 e. The van der Waals surface area contributed by atoms with Gasteiger partial charge in [-0.05, 0) is 59.6 Å². The third kappa shape index (κ3) is 3.43. The molecule has 0 spiro atoms. The highest BCUT2D eigenvalue weighted by Crippen LogP contribution is 2.24. The normalized spacial score (nSPS) is 11.3. The van der Waals surface area contributed by atoms with Gasteiger partial charge in [0, 0.05) is 10.0 Å². The molecule has 0 N–H and O–H groups in total. The van der Waals surface area contributed by atoms with Crippen LogP contribution in [0, 0.1) is 0 Å². The van der Waals surface area contributed by atoms with Crippen molar-refractivity contribution < 1.29 is 9.21 Å². The average Bonchev–Trinajstić information content (AvgIpc) is 2.90. The van der Waals surface area contributed by atoms with E-state index in [0.29, 0.717) is 10.8 Å². The molecule has 1 heterocycles. The molecule has 2 aromatic carbocycles. The molecule has 3 nitrogen and oxygen atoms in total. The Morgan fingerprint density at radius 3 is 2.67 bits per heavy atom. The van der Waals surface area contributed by atoms with E-state index in [1.165, 1.54) is 17.8 Å². The summed E-state index contributed by atoms with van der Waals surface area (Å²) in [7, 11) is 0. The van der Waals surface area contributed by atoms with E-state index >= 15 is 0 Å². The highest BCUT2D eigenvalue weighted by atomic mass is 79.9. The first-order valence-corrected chi connectivity index (χ1v) is 7.88. The molecule has 0 fully saturated rings. The van der Waals surface area contributed by atoms with Crippen molar-refractivity contribution in [3.8, 4) is 0 Å². The standard InChI is InChI=1S/C16H10BrNO2S/c17-12-7-5-11(6-8-12)14(19)9-10-21-16-18-13-3-1-2-4-15(13)20-16/h1-10H. The SMILES string of the molecule is O=C(C=CSc1nc2ccccc2o1)c1ccc(Br)cc1. The molecule has 0 amide bonds. The van der Waals surface area contributed by atoms with Crippen LogP contribution in [0.25, 0.3) is 11.1 Å². The van der Waals surface area contributed by atoms with Gasteiger partial charge in [0.25, 0.3) is 5.22 Å². The van der Waals surface area contributed by atoms with Gasteiger partial charge >= 0.3 is 0 Å². The summed E-state index contributed by atoms with van der Waals surface area (Å²) in [4.78, 5) is 16.3. The predicted octanol–water partition coefficient (Wildman–Crippen LogP) is 5.08. The van der Waals surface area contributed by atoms with Crippen LogP contribution in [0.15, 0.2) is 74.1 Å². The minimum Gasteiger partial charge on any atom is -0.431 e. The number of benzene rings is 2. The van der Waals surface area contributed by atoms with Gasteiger partial charge in [-0.2, -0.15) is 0 Å². The number of ketones is 1. The lowest BCUT2D eigenvalue weighted by Crippen LogP contribution is -1.92. The fraction of sp³-hybridized carbons (Fsp3) is 0. The Hall–Kier alpha value is -1.85. The van der Waals surface area contributed by atoms with Crippen molar-refractivity contribution in [1.82, 2.24) is 4.98 Å². The highest BCUT2D eigenvalue weighted by molar-refractivity contribution is 9.10. The van der Waals surface area contributed by atoms with Crippen LogP contribution in [0.5, 0.6) is 0 Å². The summed E-state index contributed by atoms with van der Waals surface area (Å²) in [6, 6.07) is 14.8. The molecule has 0 bridgehead atoms. The number of carbonyl (C=O) groups excluding carboxylic acids is 1. The zero-order valence-electron chi connectivity index (χ0n) is 10.8. The Kier molecular flexibility index (Phi) is 4.22. The van der Waals surface area contributed by atoms with E-state index in [0.717, 1.165) is 15.6 Å². The first kappa shape index (κ1) is 14.1. The van der Waals surface area contributed by atoms with E-state index in [-0.39, 0.29) is 5.78 Å². The monoisotopic (exact) mass is 359 g/mol. The van der Waals surface area contributed by atoms with Gasteiger partial charge in [0.05, 0.1) is 0 Å². The maximum atomic E-state index is 12.0. The van der Waals surface area contributed by atoms with Gasteiger partial charge in [0.15, 0.2) is 11.4 Å². The Bertz CT molecular complexity index is 776. The Labute approximate surface area is 134 Å². The number of hydrogen-bond acceptors (Lipinski definition) is 4. The molecule has 3 aromatic rings. The zero-order valence-corrected chi connectivity index (χ0v) is 13.2. The van der Waals surface area contributed by atoms with Crippen molar-refractivity contribution in [3.63, 3.8) is 0 Å². The number of allylic oxidation sites excluding steroid dienone is 1. The minimum absolute atomic E-state index is 0.0499. The van der Waals surface area contributed by atoms with Crippen molar-refractivity contribution in [2.24, 2.45) is 0 Å². The van der Waals surface area contributed by atoms with Gasteiger partial charge in [-0.3, -0.25) is 4.79 Å². The van der Waals surface area contributed by atoms with Crippen LogP contribution < -0.4 is 0 Å². The fourth-order valence-electron chi connectivity index (χ4n) is 1.77. The number of oxazole rings is 1. The van der Waals surface area contributed by atoms with E-state index < -0.39 is 0 Å². The second kappa shape index (κ2) is 6.28. The van der Waals surface area contributed by atoms with Gasteiger partial charge in [0.2, 0.25) is 0 Å². The lowest BCUT2D eigenvalue weighted by atomic mass is 10.1. The number of thioether (sulfide) groups is 1. The van der Waals surface area contributed by atoms with Crippen LogP contribution in [-0.4, -0.2) is 10.8 Å². The maximum absolute atomic E-state index is 12.0. The first-order valence-electron chi connectivity index (χ1n) is 6.21. The van der Waals surface area contributed by atoms with E-state index in [1.807, 2.05) is 36.4 Å². The highest BCUT2D eigenvalue weighted by Gasteiger charge is 2.05. The van der Waals surface area contributed by atoms with E-state index in [4.69, 9.17) is 4.42 Å². The van der Waals surface area contributed by atoms with Crippen molar-refractivity contribution in [2.45, 2.75) is 5.22 Å². The number of para-hydroxylation sites is 2. The number of hydrogen-bond donors (Lipinski definition) is 0. The molecule has 0 aliphatic carbocycles. The molecule has 21 heavy (non-hydrogen) atoms. The Morgan fingerprint density at radius 1 is 1.14 bits per heavy atom. The molecule has 5 heteroatoms. The van der Waals surface area contributed by atoms with Gasteiger partial charge in [-0.1, -0.05) is 28.1 Å². The molecule has 3 rings (SSSR count). The van der Waals surface area contributed by atoms with Gasteiger partial charge in [-0.15, -0.1) is 0 Å². The largest absolute Gasteiger partial charge is 0.431 e. The lowest BCUT2D eigenvalue weighted by molar-refractivity contribution is 0.104. The van der Waals surface area contributed by atoms with Crippen molar-refractivity contribution in [3.05, 3.63) is 70.1 Å². The van der Waals surface area contributed by atoms with Crippen LogP contribution in [0.1, 0.15) is 10.4 Å². The van der Waals surface area contributed by atoms with Crippen molar-refractivity contribution in [2.75, 3.05) is 0 Å². The van der Waals surface area contributed by atoms with Crippen LogP contribution in [-0.2, 0) is 0 Å². The molecule has 0 aliphatic rings. The van der Waals surface area contributed by atoms with Crippen LogP contribution in [0.4, 0.5) is 0 Å². The summed E-state index contributed by atoms with van der Waals surface area (Å²) >= 11 is 4.62. The summed E-state index contributed by atoms with van der Waals surface area (Å²) < 4.78 is 6.50. The molecule has 0 unspecified atom stereocenters. The molecule has 0 saturated heterocycles. The van der Waals surface area contributed by atoms with Crippen LogP contribution in [0.3, 0.4) is 0 Å². The first-order chi connectivity index (χ1) is 10.2. The molecule has 0 radical (unpaired) electrons. The third-order valence-electron chi connectivity index (χ3n) is 2.79. The Morgan fingerprint density at radius 2 is 1.90 bits per heavy atom. The number of halogens is 1. The summed E-state index contributed by atoms with van der Waals surface area (Å²) in [5.41, 5.74) is 2.20. The second-order valence-electron chi connectivity index (χ2n) is 4.24. The number of carbonyl (C=O) groups is 1. The van der Waals surface area contributed by atoms with Gasteiger partial charge in [0.1, 0.15) is 5.52 Å². The quantitative estimate of drug-likeness (QED) is 0.370. The summed E-state index contributed by atoms with van der Waals surface area (Å²) in [6.45, 7) is 0. The maximum Gasteiger partial charge on any atom is 0.261 e. The third-order valence-corrected chi connectivity index (χ3v) is 3.97. The number of aromatic nitrogens is 1. The van der Waals surface area contributed by atoms with Crippen LogP contribution >= 0.6 is 27.7 Å². The second-order valence-corrected chi connectivity index (χ2v) is 6.01. The zero-order chi connectivity index (χ0) is 14.7. The number of nitrogens with zero attached hydrogens (tertiary/aromatic N) is 1. The summed E-state index contributed by atoms with van der Waals surface area (Å²) in [5, 5.41) is 2.21. The van der Waals surface area contributed by atoms with Crippen LogP contribution in [0.2, 0.25) is 0 Å². The van der Waals surface area contributed by atoms with Crippen molar-refractivity contribution >= 4 is 44.6 Å². The molecular formula is C16H10BrNO2S. The van der Waals surface area contributed by atoms with Gasteiger partial charge in [-0.25, -0.2) is 4.98 Å². The molecule has 104 valence electrons.